The molecule has 20 heavy (non-hydrogen) atoms. The molecule has 4 nitrogen and oxygen atoms in total. The number of rotatable bonds is 3. The first-order valence-corrected chi connectivity index (χ1v) is 7.46. The highest BCUT2D eigenvalue weighted by molar-refractivity contribution is 5.92. The lowest BCUT2D eigenvalue weighted by molar-refractivity contribution is 0.0523. The summed E-state index contributed by atoms with van der Waals surface area (Å²) in [6, 6.07) is 1.79. The van der Waals surface area contributed by atoms with Gasteiger partial charge >= 0.3 is 5.97 Å². The lowest BCUT2D eigenvalue weighted by Gasteiger charge is -2.27. The molecule has 0 aliphatic heterocycles. The number of nitrogens with zero attached hydrogens (tertiary/aromatic N) is 1. The zero-order valence-corrected chi connectivity index (χ0v) is 12.6. The van der Waals surface area contributed by atoms with Gasteiger partial charge in [-0.05, 0) is 39.2 Å². The van der Waals surface area contributed by atoms with E-state index in [-0.39, 0.29) is 17.6 Å². The first-order chi connectivity index (χ1) is 9.56. The molecule has 1 aliphatic rings. The zero-order valence-electron chi connectivity index (χ0n) is 12.6. The minimum atomic E-state index is -0.327. The van der Waals surface area contributed by atoms with Gasteiger partial charge in [0.05, 0.1) is 12.2 Å². The first kappa shape index (κ1) is 14.8. The van der Waals surface area contributed by atoms with Crippen LogP contribution in [0.3, 0.4) is 0 Å². The van der Waals surface area contributed by atoms with E-state index in [2.05, 4.69) is 0 Å². The molecule has 0 spiro atoms. The number of hydrogen-bond acceptors (Lipinski definition) is 3. The molecule has 0 atom stereocenters. The van der Waals surface area contributed by atoms with Crippen LogP contribution < -0.4 is 5.56 Å². The molecule has 1 saturated carbocycles. The van der Waals surface area contributed by atoms with E-state index in [4.69, 9.17) is 4.74 Å². The molecule has 1 fully saturated rings. The van der Waals surface area contributed by atoms with Crippen LogP contribution in [0, 0.1) is 13.8 Å². The maximum absolute atomic E-state index is 12.3. The van der Waals surface area contributed by atoms with E-state index in [0.717, 1.165) is 31.4 Å². The Morgan fingerprint density at radius 2 is 1.95 bits per heavy atom. The Kier molecular flexibility index (Phi) is 4.63. The summed E-state index contributed by atoms with van der Waals surface area (Å²) in [5.74, 6) is -0.327. The fourth-order valence-electron chi connectivity index (χ4n) is 3.20. The number of carbonyl (C=O) groups excluding carboxylic acids is 1. The molecule has 2 rings (SSSR count). The third-order valence-electron chi connectivity index (χ3n) is 4.11. The van der Waals surface area contributed by atoms with Gasteiger partial charge in [-0.15, -0.1) is 0 Å². The Hall–Kier alpha value is -1.58. The summed E-state index contributed by atoms with van der Waals surface area (Å²) in [4.78, 5) is 24.4. The van der Waals surface area contributed by atoms with Gasteiger partial charge in [0, 0.05) is 17.8 Å². The van der Waals surface area contributed by atoms with Crippen LogP contribution in [0.1, 0.15) is 66.7 Å². The summed E-state index contributed by atoms with van der Waals surface area (Å²) < 4.78 is 6.92. The molecule has 4 heteroatoms. The largest absolute Gasteiger partial charge is 0.462 e. The molecule has 1 aromatic heterocycles. The predicted molar refractivity (Wildman–Crippen MR) is 78.3 cm³/mol. The van der Waals surface area contributed by atoms with Crippen LogP contribution in [0.4, 0.5) is 0 Å². The zero-order chi connectivity index (χ0) is 14.7. The summed E-state index contributed by atoms with van der Waals surface area (Å²) >= 11 is 0. The Morgan fingerprint density at radius 1 is 1.30 bits per heavy atom. The number of ether oxygens (including phenoxy) is 1. The van der Waals surface area contributed by atoms with Crippen LogP contribution in [0.25, 0.3) is 0 Å². The molecule has 0 unspecified atom stereocenters. The van der Waals surface area contributed by atoms with Crippen molar-refractivity contribution in [2.24, 2.45) is 0 Å². The van der Waals surface area contributed by atoms with Crippen molar-refractivity contribution in [3.05, 3.63) is 33.2 Å². The topological polar surface area (TPSA) is 48.3 Å². The standard InChI is InChI=1S/C16H23NO3/c1-4-20-16(19)15-11(2)10-14(18)17(12(15)3)13-8-6-5-7-9-13/h10,13H,4-9H2,1-3H3. The molecule has 0 saturated heterocycles. The number of pyridine rings is 1. The summed E-state index contributed by atoms with van der Waals surface area (Å²) in [6.07, 6.45) is 5.58. The Morgan fingerprint density at radius 3 is 2.55 bits per heavy atom. The molecular weight excluding hydrogens is 254 g/mol. The van der Waals surface area contributed by atoms with Gasteiger partial charge in [-0.2, -0.15) is 0 Å². The number of aromatic nitrogens is 1. The van der Waals surface area contributed by atoms with Crippen molar-refractivity contribution in [3.63, 3.8) is 0 Å². The second-order valence-corrected chi connectivity index (χ2v) is 5.51. The third kappa shape index (κ3) is 2.79. The van der Waals surface area contributed by atoms with Crippen molar-refractivity contribution in [1.82, 2.24) is 4.57 Å². The summed E-state index contributed by atoms with van der Waals surface area (Å²) in [6.45, 7) is 5.79. The van der Waals surface area contributed by atoms with Crippen LogP contribution >= 0.6 is 0 Å². The molecule has 0 amide bonds. The number of esters is 1. The van der Waals surface area contributed by atoms with Crippen LogP contribution in [-0.2, 0) is 4.74 Å². The minimum absolute atomic E-state index is 0.0000477. The number of carbonyl (C=O) groups is 1. The van der Waals surface area contributed by atoms with Crippen LogP contribution in [0.5, 0.6) is 0 Å². The maximum Gasteiger partial charge on any atom is 0.340 e. The van der Waals surface area contributed by atoms with E-state index in [1.807, 2.05) is 6.92 Å². The van der Waals surface area contributed by atoms with Gasteiger partial charge in [0.2, 0.25) is 0 Å². The maximum atomic E-state index is 12.3. The average molecular weight is 277 g/mol. The van der Waals surface area contributed by atoms with Crippen LogP contribution in [0.15, 0.2) is 10.9 Å². The Bertz CT molecular complexity index is 554. The first-order valence-electron chi connectivity index (χ1n) is 7.46. The van der Waals surface area contributed by atoms with Crippen LogP contribution in [0.2, 0.25) is 0 Å². The van der Waals surface area contributed by atoms with Crippen molar-refractivity contribution < 1.29 is 9.53 Å². The fraction of sp³-hybridized carbons (Fsp3) is 0.625. The van der Waals surface area contributed by atoms with E-state index in [1.54, 1.807) is 24.5 Å². The van der Waals surface area contributed by atoms with Gasteiger partial charge in [-0.1, -0.05) is 19.3 Å². The van der Waals surface area contributed by atoms with Crippen LogP contribution in [-0.4, -0.2) is 17.1 Å². The van der Waals surface area contributed by atoms with Crippen molar-refractivity contribution in [2.75, 3.05) is 6.61 Å². The van der Waals surface area contributed by atoms with E-state index in [9.17, 15) is 9.59 Å². The second kappa shape index (κ2) is 6.25. The highest BCUT2D eigenvalue weighted by Crippen LogP contribution is 2.29. The highest BCUT2D eigenvalue weighted by atomic mass is 16.5. The summed E-state index contributed by atoms with van der Waals surface area (Å²) in [5, 5.41) is 0. The average Bonchev–Trinajstić information content (AvgIpc) is 2.39. The lowest BCUT2D eigenvalue weighted by atomic mass is 9.94. The molecule has 0 aromatic carbocycles. The van der Waals surface area contributed by atoms with E-state index in [1.165, 1.54) is 6.42 Å². The van der Waals surface area contributed by atoms with E-state index < -0.39 is 0 Å². The van der Waals surface area contributed by atoms with Gasteiger partial charge in [-0.25, -0.2) is 4.79 Å². The van der Waals surface area contributed by atoms with E-state index >= 15 is 0 Å². The number of hydrogen-bond donors (Lipinski definition) is 0. The van der Waals surface area contributed by atoms with Gasteiger partial charge < -0.3 is 9.30 Å². The molecule has 0 bridgehead atoms. The van der Waals surface area contributed by atoms with Gasteiger partial charge in [0.25, 0.3) is 5.56 Å². The summed E-state index contributed by atoms with van der Waals surface area (Å²) in [7, 11) is 0. The fourth-order valence-corrected chi connectivity index (χ4v) is 3.20. The highest BCUT2D eigenvalue weighted by Gasteiger charge is 2.23. The lowest BCUT2D eigenvalue weighted by Crippen LogP contribution is -2.30. The molecule has 0 radical (unpaired) electrons. The Labute approximate surface area is 119 Å². The van der Waals surface area contributed by atoms with Gasteiger partial charge in [0.1, 0.15) is 0 Å². The van der Waals surface area contributed by atoms with Crippen molar-refractivity contribution in [3.8, 4) is 0 Å². The SMILES string of the molecule is CCOC(=O)c1c(C)cc(=O)n(C2CCCCC2)c1C. The van der Waals surface area contributed by atoms with Crippen molar-refractivity contribution >= 4 is 5.97 Å². The van der Waals surface area contributed by atoms with Gasteiger partial charge in [0.15, 0.2) is 0 Å². The molecule has 1 aromatic rings. The van der Waals surface area contributed by atoms with E-state index in [0.29, 0.717) is 17.7 Å². The molecule has 1 aliphatic carbocycles. The smallest absolute Gasteiger partial charge is 0.340 e. The van der Waals surface area contributed by atoms with Crippen molar-refractivity contribution in [2.45, 2.75) is 58.9 Å². The monoisotopic (exact) mass is 277 g/mol. The normalized spacial score (nSPS) is 16.1. The Balaban J connectivity index is 2.49. The second-order valence-electron chi connectivity index (χ2n) is 5.51. The predicted octanol–water partition coefficient (Wildman–Crippen LogP) is 3.15. The third-order valence-corrected chi connectivity index (χ3v) is 4.11. The number of aryl methyl sites for hydroxylation is 1. The quantitative estimate of drug-likeness (QED) is 0.797. The molecular formula is C16H23NO3. The summed E-state index contributed by atoms with van der Waals surface area (Å²) in [5.41, 5.74) is 2.01. The molecule has 1 heterocycles. The van der Waals surface area contributed by atoms with Gasteiger partial charge in [-0.3, -0.25) is 4.79 Å². The minimum Gasteiger partial charge on any atom is -0.462 e. The molecule has 110 valence electrons. The molecule has 0 N–H and O–H groups in total. The van der Waals surface area contributed by atoms with Crippen molar-refractivity contribution in [1.29, 1.82) is 0 Å².